The summed E-state index contributed by atoms with van der Waals surface area (Å²) in [6.45, 7) is 16.3. The van der Waals surface area contributed by atoms with Crippen molar-refractivity contribution in [1.82, 2.24) is 4.98 Å². The molecule has 1 aromatic carbocycles. The van der Waals surface area contributed by atoms with E-state index in [1.54, 1.807) is 0 Å². The Morgan fingerprint density at radius 2 is 1.65 bits per heavy atom. The van der Waals surface area contributed by atoms with Gasteiger partial charge in [-0.2, -0.15) is 0 Å². The standard InChI is InChI=1S/C28H33N2O/c1-16-14-20(30(8)15-17(16)2)21-18(3)23-24(28(6,7)12-11-27(23,4)5)22-19-10-9-13-29-26(19)31-25(21)22/h9-10,13-15H,11-12H2,1-8H3/q+1. The minimum Gasteiger partial charge on any atom is -0.437 e. The minimum atomic E-state index is 0.0877. The lowest BCUT2D eigenvalue weighted by atomic mass is 9.60. The summed E-state index contributed by atoms with van der Waals surface area (Å²) in [5.74, 6) is 0. The van der Waals surface area contributed by atoms with Crippen LogP contribution in [0.3, 0.4) is 0 Å². The van der Waals surface area contributed by atoms with Crippen molar-refractivity contribution in [2.45, 2.75) is 72.1 Å². The Morgan fingerprint density at radius 1 is 0.968 bits per heavy atom. The maximum absolute atomic E-state index is 6.55. The molecule has 0 bridgehead atoms. The van der Waals surface area contributed by atoms with Crippen LogP contribution in [0.2, 0.25) is 0 Å². The van der Waals surface area contributed by atoms with Gasteiger partial charge in [0.1, 0.15) is 7.05 Å². The fourth-order valence-electron chi connectivity index (χ4n) is 5.80. The van der Waals surface area contributed by atoms with Crippen molar-refractivity contribution < 1.29 is 8.98 Å². The van der Waals surface area contributed by atoms with E-state index in [2.05, 4.69) is 83.4 Å². The van der Waals surface area contributed by atoms with E-state index in [1.165, 1.54) is 57.3 Å². The highest BCUT2D eigenvalue weighted by Crippen LogP contribution is 2.54. The van der Waals surface area contributed by atoms with Crippen molar-refractivity contribution in [3.63, 3.8) is 0 Å². The van der Waals surface area contributed by atoms with Gasteiger partial charge in [-0.25, -0.2) is 9.55 Å². The van der Waals surface area contributed by atoms with Crippen molar-refractivity contribution in [2.24, 2.45) is 7.05 Å². The SMILES string of the molecule is Cc1cc(-c2c(C)c3c(c4c2oc2ncccc24)C(C)(C)CCC3(C)C)[n+](C)cc1C. The Labute approximate surface area is 185 Å². The van der Waals surface area contributed by atoms with E-state index in [0.717, 1.165) is 16.7 Å². The molecule has 4 aromatic rings. The molecule has 0 aliphatic heterocycles. The molecule has 3 heterocycles. The summed E-state index contributed by atoms with van der Waals surface area (Å²) in [7, 11) is 2.14. The fraction of sp³-hybridized carbons (Fsp3) is 0.429. The molecule has 0 radical (unpaired) electrons. The molecule has 0 spiro atoms. The monoisotopic (exact) mass is 413 g/mol. The second kappa shape index (κ2) is 6.41. The van der Waals surface area contributed by atoms with E-state index in [4.69, 9.17) is 4.42 Å². The Bertz CT molecular complexity index is 1370. The van der Waals surface area contributed by atoms with Gasteiger partial charge in [0.05, 0.1) is 5.56 Å². The summed E-state index contributed by atoms with van der Waals surface area (Å²) in [6, 6.07) is 6.51. The zero-order valence-corrected chi connectivity index (χ0v) is 20.1. The van der Waals surface area contributed by atoms with Gasteiger partial charge in [0, 0.05) is 28.6 Å². The van der Waals surface area contributed by atoms with Crippen LogP contribution < -0.4 is 4.57 Å². The maximum Gasteiger partial charge on any atom is 0.227 e. The van der Waals surface area contributed by atoms with Crippen LogP contribution in [0.15, 0.2) is 35.0 Å². The van der Waals surface area contributed by atoms with Crippen LogP contribution in [0.1, 0.15) is 68.4 Å². The molecule has 5 rings (SSSR count). The summed E-state index contributed by atoms with van der Waals surface area (Å²) in [5, 5.41) is 2.39. The molecule has 3 nitrogen and oxygen atoms in total. The van der Waals surface area contributed by atoms with E-state index in [9.17, 15) is 0 Å². The Morgan fingerprint density at radius 3 is 2.35 bits per heavy atom. The van der Waals surface area contributed by atoms with Gasteiger partial charge in [-0.3, -0.25) is 0 Å². The van der Waals surface area contributed by atoms with Crippen molar-refractivity contribution >= 4 is 22.1 Å². The number of pyridine rings is 2. The first-order valence-corrected chi connectivity index (χ1v) is 11.3. The van der Waals surface area contributed by atoms with Crippen LogP contribution in [0.5, 0.6) is 0 Å². The van der Waals surface area contributed by atoms with Crippen LogP contribution in [-0.2, 0) is 17.9 Å². The number of nitrogens with zero attached hydrogens (tertiary/aromatic N) is 2. The van der Waals surface area contributed by atoms with Gasteiger partial charge < -0.3 is 4.42 Å². The second-order valence-electron chi connectivity index (χ2n) is 10.8. The molecule has 0 N–H and O–H groups in total. The van der Waals surface area contributed by atoms with E-state index in [-0.39, 0.29) is 10.8 Å². The molecule has 0 saturated carbocycles. The summed E-state index contributed by atoms with van der Waals surface area (Å²) in [4.78, 5) is 4.60. The fourth-order valence-corrected chi connectivity index (χ4v) is 5.80. The molecule has 0 atom stereocenters. The van der Waals surface area contributed by atoms with Crippen LogP contribution in [0.4, 0.5) is 0 Å². The Hall–Kier alpha value is -2.68. The van der Waals surface area contributed by atoms with Crippen LogP contribution in [0, 0.1) is 20.8 Å². The molecule has 1 aliphatic rings. The molecule has 31 heavy (non-hydrogen) atoms. The topological polar surface area (TPSA) is 29.9 Å². The zero-order chi connectivity index (χ0) is 22.3. The third-order valence-corrected chi connectivity index (χ3v) is 7.67. The number of rotatable bonds is 1. The highest BCUT2D eigenvalue weighted by Gasteiger charge is 2.42. The highest BCUT2D eigenvalue weighted by atomic mass is 16.3. The lowest BCUT2D eigenvalue weighted by Crippen LogP contribution is -2.36. The first-order chi connectivity index (χ1) is 14.5. The first kappa shape index (κ1) is 20.2. The Balaban J connectivity index is 2.07. The van der Waals surface area contributed by atoms with Gasteiger partial charge >= 0.3 is 0 Å². The number of aryl methyl sites for hydroxylation is 3. The number of fused-ring (bicyclic) bond motifs is 5. The van der Waals surface area contributed by atoms with Gasteiger partial charge in [0.25, 0.3) is 0 Å². The highest BCUT2D eigenvalue weighted by molar-refractivity contribution is 6.12. The average Bonchev–Trinajstić information content (AvgIpc) is 3.07. The smallest absolute Gasteiger partial charge is 0.227 e. The normalized spacial score (nSPS) is 17.3. The molecule has 160 valence electrons. The number of aromatic nitrogens is 2. The van der Waals surface area contributed by atoms with Crippen LogP contribution in [0.25, 0.3) is 33.3 Å². The number of hydrogen-bond donors (Lipinski definition) is 0. The lowest BCUT2D eigenvalue weighted by molar-refractivity contribution is -0.660. The molecule has 3 heteroatoms. The van der Waals surface area contributed by atoms with Crippen molar-refractivity contribution in [1.29, 1.82) is 0 Å². The van der Waals surface area contributed by atoms with Gasteiger partial charge in [0.15, 0.2) is 11.8 Å². The number of benzene rings is 1. The summed E-state index contributed by atoms with van der Waals surface area (Å²) in [6.07, 6.45) is 6.41. The van der Waals surface area contributed by atoms with Gasteiger partial charge in [0.2, 0.25) is 11.4 Å². The minimum absolute atomic E-state index is 0.0877. The van der Waals surface area contributed by atoms with Gasteiger partial charge in [-0.05, 0) is 78.8 Å². The Kier molecular flexibility index (Phi) is 4.19. The van der Waals surface area contributed by atoms with E-state index >= 15 is 0 Å². The predicted molar refractivity (Wildman–Crippen MR) is 128 cm³/mol. The largest absolute Gasteiger partial charge is 0.437 e. The van der Waals surface area contributed by atoms with Gasteiger partial charge in [-0.15, -0.1) is 0 Å². The number of hydrogen-bond acceptors (Lipinski definition) is 2. The third kappa shape index (κ3) is 2.78. The molecule has 1 aliphatic carbocycles. The van der Waals surface area contributed by atoms with E-state index < -0.39 is 0 Å². The second-order valence-corrected chi connectivity index (χ2v) is 10.8. The van der Waals surface area contributed by atoms with E-state index in [0.29, 0.717) is 0 Å². The lowest BCUT2D eigenvalue weighted by Gasteiger charge is -2.43. The van der Waals surface area contributed by atoms with Crippen molar-refractivity contribution in [3.05, 3.63) is 58.4 Å². The van der Waals surface area contributed by atoms with E-state index in [1.807, 2.05) is 12.3 Å². The first-order valence-electron chi connectivity index (χ1n) is 11.3. The van der Waals surface area contributed by atoms with Crippen molar-refractivity contribution in [3.8, 4) is 11.3 Å². The molecule has 0 unspecified atom stereocenters. The summed E-state index contributed by atoms with van der Waals surface area (Å²) < 4.78 is 8.80. The van der Waals surface area contributed by atoms with Crippen molar-refractivity contribution in [2.75, 3.05) is 0 Å². The molecule has 3 aromatic heterocycles. The van der Waals surface area contributed by atoms with Gasteiger partial charge in [-0.1, -0.05) is 27.7 Å². The maximum atomic E-state index is 6.55. The third-order valence-electron chi connectivity index (χ3n) is 7.67. The molecule has 0 amide bonds. The molecular formula is C28H33N2O+. The summed E-state index contributed by atoms with van der Waals surface area (Å²) in [5.41, 5.74) is 11.2. The zero-order valence-electron chi connectivity index (χ0n) is 20.1. The number of furan rings is 1. The molecular weight excluding hydrogens is 380 g/mol. The molecule has 0 fully saturated rings. The van der Waals surface area contributed by atoms with Crippen LogP contribution in [-0.4, -0.2) is 4.98 Å². The predicted octanol–water partition coefficient (Wildman–Crippen LogP) is 6.75. The molecule has 0 saturated heterocycles. The van der Waals surface area contributed by atoms with Crippen LogP contribution >= 0.6 is 0 Å². The summed E-state index contributed by atoms with van der Waals surface area (Å²) >= 11 is 0. The quantitative estimate of drug-likeness (QED) is 0.323. The average molecular weight is 414 g/mol.